The number of hydrogen-bond donors (Lipinski definition) is 2. The van der Waals surface area contributed by atoms with Crippen LogP contribution in [0, 0.1) is 0 Å². The highest BCUT2D eigenvalue weighted by Gasteiger charge is 2.14. The second-order valence-corrected chi connectivity index (χ2v) is 9.34. The largest absolute Gasteiger partial charge is 0.494 e. The quantitative estimate of drug-likeness (QED) is 0.0747. The van der Waals surface area contributed by atoms with Crippen molar-refractivity contribution in [3.05, 3.63) is 53.6 Å². The topological polar surface area (TPSA) is 115 Å². The summed E-state index contributed by atoms with van der Waals surface area (Å²) in [5.41, 5.74) is 3.41. The Morgan fingerprint density at radius 2 is 1.52 bits per heavy atom. The highest BCUT2D eigenvalue weighted by Crippen LogP contribution is 2.29. The number of hydrazone groups is 1. The van der Waals surface area contributed by atoms with Crippen LogP contribution in [0.15, 0.2) is 47.6 Å². The van der Waals surface area contributed by atoms with Gasteiger partial charge in [-0.1, -0.05) is 52.4 Å². The number of hydrogen-bond acceptors (Lipinski definition) is 7. The van der Waals surface area contributed by atoms with Crippen LogP contribution in [-0.4, -0.2) is 43.8 Å². The van der Waals surface area contributed by atoms with Crippen LogP contribution in [0.4, 0.5) is 0 Å². The summed E-state index contributed by atoms with van der Waals surface area (Å²) in [4.78, 5) is 36.6. The van der Waals surface area contributed by atoms with Crippen LogP contribution in [-0.2, 0) is 9.59 Å². The molecule has 2 amide bonds. The van der Waals surface area contributed by atoms with E-state index in [2.05, 4.69) is 22.8 Å². The molecule has 9 nitrogen and oxygen atoms in total. The number of carbonyl (C=O) groups excluding carboxylic acids is 3. The Kier molecular flexibility index (Phi) is 15.5. The molecule has 2 aromatic carbocycles. The van der Waals surface area contributed by atoms with Gasteiger partial charge in [0.25, 0.3) is 5.91 Å². The second-order valence-electron chi connectivity index (χ2n) is 9.34. The van der Waals surface area contributed by atoms with E-state index in [1.807, 2.05) is 13.8 Å². The zero-order valence-electron chi connectivity index (χ0n) is 24.0. The molecule has 0 aliphatic carbocycles. The van der Waals surface area contributed by atoms with Crippen molar-refractivity contribution in [3.63, 3.8) is 0 Å². The molecule has 0 atom stereocenters. The predicted molar refractivity (Wildman–Crippen MR) is 156 cm³/mol. The molecule has 0 radical (unpaired) electrons. The van der Waals surface area contributed by atoms with Crippen LogP contribution in [0.1, 0.15) is 94.5 Å². The summed E-state index contributed by atoms with van der Waals surface area (Å²) in [6.07, 6.45) is 10.7. The van der Waals surface area contributed by atoms with E-state index in [4.69, 9.17) is 14.2 Å². The molecule has 0 saturated heterocycles. The molecule has 0 saturated carbocycles. The lowest BCUT2D eigenvalue weighted by Crippen LogP contribution is -2.34. The molecule has 0 unspecified atom stereocenters. The van der Waals surface area contributed by atoms with Crippen molar-refractivity contribution in [1.29, 1.82) is 0 Å². The number of unbranched alkanes of at least 4 members (excludes halogenated alkanes) is 6. The molecule has 0 aliphatic heterocycles. The average molecular weight is 554 g/mol. The molecule has 218 valence electrons. The highest BCUT2D eigenvalue weighted by molar-refractivity contribution is 5.92. The van der Waals surface area contributed by atoms with Gasteiger partial charge in [0.05, 0.1) is 31.5 Å². The highest BCUT2D eigenvalue weighted by atomic mass is 16.6. The van der Waals surface area contributed by atoms with Gasteiger partial charge in [-0.25, -0.2) is 10.2 Å². The summed E-state index contributed by atoms with van der Waals surface area (Å²) in [5, 5.41) is 6.57. The summed E-state index contributed by atoms with van der Waals surface area (Å²) in [6.45, 7) is 6.87. The van der Waals surface area contributed by atoms with E-state index in [1.165, 1.54) is 31.9 Å². The number of esters is 1. The van der Waals surface area contributed by atoms with Crippen molar-refractivity contribution in [2.75, 3.05) is 19.8 Å². The van der Waals surface area contributed by atoms with E-state index < -0.39 is 11.9 Å². The van der Waals surface area contributed by atoms with E-state index in [0.717, 1.165) is 25.7 Å². The Morgan fingerprint density at radius 3 is 2.23 bits per heavy atom. The molecule has 0 bridgehead atoms. The molecule has 2 rings (SSSR count). The van der Waals surface area contributed by atoms with Gasteiger partial charge in [0, 0.05) is 6.42 Å². The minimum atomic E-state index is -0.523. The van der Waals surface area contributed by atoms with Crippen molar-refractivity contribution in [1.82, 2.24) is 10.7 Å². The second kappa shape index (κ2) is 19.2. The predicted octanol–water partition coefficient (Wildman–Crippen LogP) is 5.80. The van der Waals surface area contributed by atoms with Gasteiger partial charge in [0.15, 0.2) is 11.5 Å². The Labute approximate surface area is 237 Å². The van der Waals surface area contributed by atoms with Crippen molar-refractivity contribution >= 4 is 24.0 Å². The molecule has 2 aromatic rings. The maximum absolute atomic E-state index is 12.6. The first-order chi connectivity index (χ1) is 19.5. The molecule has 40 heavy (non-hydrogen) atoms. The summed E-state index contributed by atoms with van der Waals surface area (Å²) in [6, 6.07) is 11.7. The smallest absolute Gasteiger partial charge is 0.343 e. The van der Waals surface area contributed by atoms with Gasteiger partial charge >= 0.3 is 5.97 Å². The molecule has 0 fully saturated rings. The molecular formula is C31H43N3O6. The molecule has 0 heterocycles. The molecule has 0 aliphatic rings. The van der Waals surface area contributed by atoms with E-state index in [9.17, 15) is 14.4 Å². The third-order valence-corrected chi connectivity index (χ3v) is 5.89. The van der Waals surface area contributed by atoms with Crippen LogP contribution in [0.5, 0.6) is 17.2 Å². The fraction of sp³-hybridized carbons (Fsp3) is 0.484. The van der Waals surface area contributed by atoms with Gasteiger partial charge < -0.3 is 19.5 Å². The number of amides is 2. The first-order valence-electron chi connectivity index (χ1n) is 14.3. The van der Waals surface area contributed by atoms with Crippen LogP contribution in [0.3, 0.4) is 0 Å². The van der Waals surface area contributed by atoms with Gasteiger partial charge in [-0.2, -0.15) is 5.10 Å². The lowest BCUT2D eigenvalue weighted by atomic mass is 10.1. The van der Waals surface area contributed by atoms with E-state index >= 15 is 0 Å². The first-order valence-corrected chi connectivity index (χ1v) is 14.3. The van der Waals surface area contributed by atoms with Crippen molar-refractivity contribution in [3.8, 4) is 17.2 Å². The van der Waals surface area contributed by atoms with E-state index in [-0.39, 0.29) is 18.2 Å². The average Bonchev–Trinajstić information content (AvgIpc) is 2.96. The van der Waals surface area contributed by atoms with Crippen LogP contribution in [0.25, 0.3) is 0 Å². The standard InChI is InChI=1S/C31H43N3O6/c1-4-7-8-9-10-11-12-13-29(35)32-23-30(36)34-33-22-24-14-19-27(28(21-24)38-6-3)40-31(37)25-15-17-26(18-16-25)39-20-5-2/h14-19,21-22H,4-13,20,23H2,1-3H3,(H,32,35)(H,34,36)/b33-22-. The summed E-state index contributed by atoms with van der Waals surface area (Å²) in [7, 11) is 0. The number of nitrogens with one attached hydrogen (secondary N) is 2. The summed E-state index contributed by atoms with van der Waals surface area (Å²) in [5.74, 6) is 0.237. The van der Waals surface area contributed by atoms with Gasteiger partial charge in [-0.15, -0.1) is 0 Å². The van der Waals surface area contributed by atoms with Gasteiger partial charge in [0.2, 0.25) is 5.91 Å². The Morgan fingerprint density at radius 1 is 0.800 bits per heavy atom. The van der Waals surface area contributed by atoms with Gasteiger partial charge in [-0.3, -0.25) is 9.59 Å². The maximum Gasteiger partial charge on any atom is 0.343 e. The fourth-order valence-electron chi connectivity index (χ4n) is 3.75. The fourth-order valence-corrected chi connectivity index (χ4v) is 3.75. The van der Waals surface area contributed by atoms with Crippen molar-refractivity contribution in [2.45, 2.75) is 78.6 Å². The number of rotatable bonds is 19. The third-order valence-electron chi connectivity index (χ3n) is 5.89. The molecular weight excluding hydrogens is 510 g/mol. The van der Waals surface area contributed by atoms with Gasteiger partial charge in [-0.05, 0) is 67.8 Å². The van der Waals surface area contributed by atoms with Crippen LogP contribution in [0.2, 0.25) is 0 Å². The Bertz CT molecular complexity index is 1080. The summed E-state index contributed by atoms with van der Waals surface area (Å²) >= 11 is 0. The molecule has 0 spiro atoms. The monoisotopic (exact) mass is 553 g/mol. The number of nitrogens with zero attached hydrogens (tertiary/aromatic N) is 1. The van der Waals surface area contributed by atoms with Crippen molar-refractivity contribution in [2.24, 2.45) is 5.10 Å². The molecule has 0 aromatic heterocycles. The lowest BCUT2D eigenvalue weighted by Gasteiger charge is -2.12. The van der Waals surface area contributed by atoms with Gasteiger partial charge in [0.1, 0.15) is 5.75 Å². The molecule has 9 heteroatoms. The van der Waals surface area contributed by atoms with E-state index in [1.54, 1.807) is 42.5 Å². The first kappa shape index (κ1) is 32.3. The van der Waals surface area contributed by atoms with Crippen LogP contribution >= 0.6 is 0 Å². The molecule has 2 N–H and O–H groups in total. The minimum absolute atomic E-state index is 0.139. The van der Waals surface area contributed by atoms with Crippen LogP contribution < -0.4 is 25.0 Å². The Balaban J connectivity index is 1.80. The minimum Gasteiger partial charge on any atom is -0.494 e. The zero-order chi connectivity index (χ0) is 29.0. The number of carbonyl (C=O) groups is 3. The Hall–Kier alpha value is -3.88. The zero-order valence-corrected chi connectivity index (χ0v) is 24.0. The number of ether oxygens (including phenoxy) is 3. The SMILES string of the molecule is CCCCCCCCCC(=O)NCC(=O)N/N=C\c1ccc(OC(=O)c2ccc(OCCC)cc2)c(OCC)c1. The summed E-state index contributed by atoms with van der Waals surface area (Å²) < 4.78 is 16.7. The van der Waals surface area contributed by atoms with Crippen molar-refractivity contribution < 1.29 is 28.6 Å². The normalized spacial score (nSPS) is 10.8. The van der Waals surface area contributed by atoms with E-state index in [0.29, 0.717) is 42.3 Å². The number of benzene rings is 2. The third kappa shape index (κ3) is 12.8. The maximum atomic E-state index is 12.6. The lowest BCUT2D eigenvalue weighted by molar-refractivity contribution is -0.126.